The van der Waals surface area contributed by atoms with Crippen LogP contribution >= 0.6 is 0 Å². The highest BCUT2D eigenvalue weighted by Gasteiger charge is 2.18. The summed E-state index contributed by atoms with van der Waals surface area (Å²) in [7, 11) is 9.23. The van der Waals surface area contributed by atoms with Gasteiger partial charge in [0, 0.05) is 99.2 Å². The number of nitrogens with zero attached hydrogens (tertiary/aromatic N) is 12. The number of phenolic OH excluding ortho intramolecular Hbond substituents is 4. The van der Waals surface area contributed by atoms with Gasteiger partial charge < -0.3 is 50.1 Å². The molecule has 6 heterocycles. The van der Waals surface area contributed by atoms with Gasteiger partial charge in [0.15, 0.2) is 45.0 Å². The largest absolute Gasteiger partial charge is 0.508 e. The molecule has 438 valence electrons. The molecular formula is C57H75N15O10. The number of hydrogen-bond acceptors (Lipinski definition) is 16. The highest BCUT2D eigenvalue weighted by atomic mass is 16.3. The first kappa shape index (κ1) is 60.8. The average Bonchev–Trinajstić information content (AvgIpc) is 3.88. The summed E-state index contributed by atoms with van der Waals surface area (Å²) < 4.78 is 12.7. The Bertz CT molecular complexity index is 4080. The number of aromatic hydroxyl groups is 4. The van der Waals surface area contributed by atoms with E-state index in [-0.39, 0.29) is 57.4 Å². The van der Waals surface area contributed by atoms with E-state index >= 15 is 0 Å². The Morgan fingerprint density at radius 2 is 0.854 bits per heavy atom. The molecule has 9 aromatic rings. The van der Waals surface area contributed by atoms with Gasteiger partial charge in [-0.05, 0) is 101 Å². The maximum absolute atomic E-state index is 12.4. The highest BCUT2D eigenvalue weighted by molar-refractivity contribution is 5.71. The van der Waals surface area contributed by atoms with E-state index < -0.39 is 11.4 Å². The van der Waals surface area contributed by atoms with Crippen LogP contribution in [0, 0.1) is 6.92 Å². The van der Waals surface area contributed by atoms with Crippen molar-refractivity contribution in [2.24, 2.45) is 42.3 Å². The molecule has 25 heteroatoms. The number of phenols is 4. The van der Waals surface area contributed by atoms with E-state index in [0.29, 0.717) is 85.1 Å². The van der Waals surface area contributed by atoms with Crippen LogP contribution in [0.4, 0.5) is 0 Å². The number of rotatable bonds is 20. The molecule has 0 amide bonds. The van der Waals surface area contributed by atoms with Gasteiger partial charge in [0.2, 0.25) is 0 Å². The fourth-order valence-electron chi connectivity index (χ4n) is 9.72. The molecule has 7 N–H and O–H groups in total. The molecule has 0 aliphatic carbocycles. The number of imidazole rings is 3. The molecule has 0 saturated carbocycles. The fraction of sp³-hybridized carbons (Fsp3) is 0.421. The van der Waals surface area contributed by atoms with Crippen LogP contribution in [-0.4, -0.2) is 114 Å². The number of benzene rings is 3. The Balaban J connectivity index is 0.000000177. The lowest BCUT2D eigenvalue weighted by Gasteiger charge is -2.15. The van der Waals surface area contributed by atoms with Crippen LogP contribution in [-0.2, 0) is 81.2 Å². The third-order valence-electron chi connectivity index (χ3n) is 14.5. The normalized spacial score (nSPS) is 12.6. The lowest BCUT2D eigenvalue weighted by molar-refractivity contribution is 0.402. The third-order valence-corrected chi connectivity index (χ3v) is 14.5. The Hall–Kier alpha value is -8.81. The summed E-state index contributed by atoms with van der Waals surface area (Å²) in [4.78, 5) is 85.8. The molecule has 0 bridgehead atoms. The zero-order chi connectivity index (χ0) is 59.7. The molecule has 9 rings (SSSR count). The van der Waals surface area contributed by atoms with Gasteiger partial charge >= 0.3 is 17.1 Å². The van der Waals surface area contributed by atoms with Gasteiger partial charge in [-0.3, -0.25) is 41.8 Å². The summed E-state index contributed by atoms with van der Waals surface area (Å²) in [5, 5.41) is 48.4. The Morgan fingerprint density at radius 3 is 1.30 bits per heavy atom. The number of nitrogens with one attached hydrogen (secondary N) is 3. The molecule has 25 nitrogen and oxygen atoms in total. The average molecular weight is 1130 g/mol. The van der Waals surface area contributed by atoms with Crippen LogP contribution in [0.5, 0.6) is 23.0 Å². The van der Waals surface area contributed by atoms with Crippen molar-refractivity contribution < 1.29 is 20.4 Å². The molecule has 3 aromatic carbocycles. The van der Waals surface area contributed by atoms with E-state index in [4.69, 9.17) is 0 Å². The number of fused-ring (bicyclic) bond motifs is 3. The molecule has 0 aliphatic rings. The van der Waals surface area contributed by atoms with Crippen molar-refractivity contribution in [2.75, 3.05) is 19.6 Å². The van der Waals surface area contributed by atoms with Crippen molar-refractivity contribution >= 4 is 33.5 Å². The van der Waals surface area contributed by atoms with Crippen molar-refractivity contribution in [2.45, 2.75) is 97.6 Å². The van der Waals surface area contributed by atoms with Crippen molar-refractivity contribution in [1.29, 1.82) is 0 Å². The topological polar surface area (TPSA) is 302 Å². The van der Waals surface area contributed by atoms with Crippen molar-refractivity contribution in [3.8, 4) is 23.0 Å². The lowest BCUT2D eigenvalue weighted by atomic mass is 10.1. The van der Waals surface area contributed by atoms with E-state index in [0.717, 1.165) is 50.6 Å². The number of hydrogen-bond donors (Lipinski definition) is 7. The van der Waals surface area contributed by atoms with Crippen LogP contribution in [0.1, 0.15) is 55.9 Å². The van der Waals surface area contributed by atoms with E-state index in [1.807, 2.05) is 18.4 Å². The predicted molar refractivity (Wildman–Crippen MR) is 314 cm³/mol. The van der Waals surface area contributed by atoms with Crippen LogP contribution in [0.15, 0.2) is 108 Å². The van der Waals surface area contributed by atoms with Crippen molar-refractivity contribution in [1.82, 2.24) is 72.0 Å². The number of unbranched alkanes of at least 4 members (excludes halogenated alkanes) is 1. The van der Waals surface area contributed by atoms with Gasteiger partial charge in [-0.15, -0.1) is 0 Å². The zero-order valence-electron chi connectivity index (χ0n) is 48.1. The Labute approximate surface area is 471 Å². The smallest absolute Gasteiger partial charge is 0.332 e. The molecule has 0 radical (unpaired) electrons. The van der Waals surface area contributed by atoms with Crippen molar-refractivity contribution in [3.05, 3.63) is 164 Å². The number of aromatic nitrogens is 12. The second kappa shape index (κ2) is 26.6. The molecule has 0 aliphatic heterocycles. The Morgan fingerprint density at radius 1 is 0.439 bits per heavy atom. The van der Waals surface area contributed by atoms with Gasteiger partial charge in [0.25, 0.3) is 16.7 Å². The van der Waals surface area contributed by atoms with Gasteiger partial charge in [-0.1, -0.05) is 42.0 Å². The minimum absolute atomic E-state index is 0.0276. The standard InChI is InChI=1S/C21H29N5O2.2C18H23N5O4/c1-15-7-9-17(10-8-15)13-16(2)22-11-5-6-12-26-14-23-19-18(26)20(27)25(4)21(28)24(19)3;1-11(8-12-4-5-13(24)9-14(12)25)19-6-7-23-10-20-16-15(23)17(26)22(3)18(27)21(16)2;1-11(8-12-4-5-13(24)14(25)9-12)19-6-7-23-10-20-16-15(23)17(26)22(3)18(27)21(16)2/h7-10,14,16,22H,5-6,11-13H2,1-4H3;2*4-5,9-11,19,24-25H,6-8H2,1-3H3. The third kappa shape index (κ3) is 14.0. The van der Waals surface area contributed by atoms with Gasteiger partial charge in [0.1, 0.15) is 11.5 Å². The molecule has 6 aromatic heterocycles. The molecule has 0 saturated heterocycles. The first-order chi connectivity index (χ1) is 39.0. The van der Waals surface area contributed by atoms with E-state index in [1.165, 1.54) is 58.1 Å². The molecule has 0 fully saturated rings. The molecule has 3 unspecified atom stereocenters. The van der Waals surface area contributed by atoms with E-state index in [2.05, 4.69) is 69.0 Å². The van der Waals surface area contributed by atoms with Crippen LogP contribution < -0.4 is 49.7 Å². The summed E-state index contributed by atoms with van der Waals surface area (Å²) in [6.45, 7) is 12.1. The highest BCUT2D eigenvalue weighted by Crippen LogP contribution is 2.26. The van der Waals surface area contributed by atoms with Gasteiger partial charge in [-0.25, -0.2) is 29.3 Å². The van der Waals surface area contributed by atoms with Crippen LogP contribution in [0.25, 0.3) is 33.5 Å². The predicted octanol–water partition coefficient (Wildman–Crippen LogP) is 1.87. The Kier molecular flexibility index (Phi) is 19.8. The SMILES string of the molecule is CC(Cc1ccc(O)c(O)c1)NCCn1cnc2c1c(=O)n(C)c(=O)n2C.CC(Cc1ccc(O)cc1O)NCCn1cnc2c1c(=O)n(C)c(=O)n2C.Cc1ccc(CC(C)NCCCCn2cnc3c2c(=O)n(C)c(=O)n3C)cc1. The summed E-state index contributed by atoms with van der Waals surface area (Å²) in [5.74, 6) is -0.179. The quantitative estimate of drug-likeness (QED) is 0.0423. The minimum atomic E-state index is -0.404. The van der Waals surface area contributed by atoms with Gasteiger partial charge in [0.05, 0.1) is 19.0 Å². The van der Waals surface area contributed by atoms with E-state index in [1.54, 1.807) is 73.5 Å². The maximum atomic E-state index is 12.4. The van der Waals surface area contributed by atoms with Gasteiger partial charge in [-0.2, -0.15) is 0 Å². The number of aryl methyl sites for hydroxylation is 5. The summed E-state index contributed by atoms with van der Waals surface area (Å²) in [6, 6.07) is 18.6. The summed E-state index contributed by atoms with van der Waals surface area (Å²) in [6.07, 6.45) is 8.99. The first-order valence-corrected chi connectivity index (χ1v) is 27.1. The fourth-order valence-corrected chi connectivity index (χ4v) is 9.72. The second-order valence-electron chi connectivity index (χ2n) is 21.0. The second-order valence-corrected chi connectivity index (χ2v) is 21.0. The van der Waals surface area contributed by atoms with Crippen LogP contribution in [0.3, 0.4) is 0 Å². The molecule has 82 heavy (non-hydrogen) atoms. The monoisotopic (exact) mass is 1130 g/mol. The summed E-state index contributed by atoms with van der Waals surface area (Å²) >= 11 is 0. The summed E-state index contributed by atoms with van der Waals surface area (Å²) in [5.41, 5.74) is 4.56. The van der Waals surface area contributed by atoms with Crippen LogP contribution in [0.2, 0.25) is 0 Å². The molecular weight excluding hydrogens is 1050 g/mol. The van der Waals surface area contributed by atoms with Crippen molar-refractivity contribution in [3.63, 3.8) is 0 Å². The minimum Gasteiger partial charge on any atom is -0.508 e. The first-order valence-electron chi connectivity index (χ1n) is 27.1. The maximum Gasteiger partial charge on any atom is 0.332 e. The molecule has 0 spiro atoms. The molecule has 3 atom stereocenters. The lowest BCUT2D eigenvalue weighted by Crippen LogP contribution is -2.38. The zero-order valence-corrected chi connectivity index (χ0v) is 48.1. The van der Waals surface area contributed by atoms with E-state index in [9.17, 15) is 49.2 Å².